The summed E-state index contributed by atoms with van der Waals surface area (Å²) in [5, 5.41) is 5.20. The average Bonchev–Trinajstić information content (AvgIpc) is 3.64. The number of rotatable bonds is 4. The SMILES string of the molecule is Cc1cccc(-c2nc(-c3ccccc3)nc(-c3ccc(-n4c5ccccc5c5c6sc7ccccc7c6ccc54)cc3)n2)c1. The smallest absolute Gasteiger partial charge is 0.164 e. The van der Waals surface area contributed by atoms with Gasteiger partial charge in [0.15, 0.2) is 17.5 Å². The second-order valence-electron chi connectivity index (χ2n) is 11.4. The average molecular weight is 595 g/mol. The molecular formula is C40H26N4S. The summed E-state index contributed by atoms with van der Waals surface area (Å²) in [5.74, 6) is 1.98. The minimum Gasteiger partial charge on any atom is -0.309 e. The van der Waals surface area contributed by atoms with E-state index in [4.69, 9.17) is 15.0 Å². The quantitative estimate of drug-likeness (QED) is 0.204. The van der Waals surface area contributed by atoms with E-state index in [9.17, 15) is 0 Å². The number of hydrogen-bond acceptors (Lipinski definition) is 4. The first-order valence-electron chi connectivity index (χ1n) is 15.0. The summed E-state index contributed by atoms with van der Waals surface area (Å²) >= 11 is 1.88. The van der Waals surface area contributed by atoms with Crippen molar-refractivity contribution < 1.29 is 0 Å². The second kappa shape index (κ2) is 10.2. The topological polar surface area (TPSA) is 43.6 Å². The lowest BCUT2D eigenvalue weighted by molar-refractivity contribution is 1.07. The maximum absolute atomic E-state index is 4.96. The fraction of sp³-hybridized carbons (Fsp3) is 0.0250. The molecular weight excluding hydrogens is 569 g/mol. The minimum absolute atomic E-state index is 0.654. The molecule has 0 radical (unpaired) electrons. The highest BCUT2D eigenvalue weighted by molar-refractivity contribution is 7.26. The van der Waals surface area contributed by atoms with Gasteiger partial charge in [-0.1, -0.05) is 96.6 Å². The molecule has 0 aliphatic rings. The monoisotopic (exact) mass is 594 g/mol. The van der Waals surface area contributed by atoms with Crippen LogP contribution in [-0.2, 0) is 0 Å². The van der Waals surface area contributed by atoms with Crippen LogP contribution in [0.5, 0.6) is 0 Å². The first kappa shape index (κ1) is 25.8. The van der Waals surface area contributed by atoms with Gasteiger partial charge >= 0.3 is 0 Å². The number of para-hydroxylation sites is 1. The molecule has 3 heterocycles. The van der Waals surface area contributed by atoms with Gasteiger partial charge in [0.05, 0.1) is 11.0 Å². The lowest BCUT2D eigenvalue weighted by Gasteiger charge is -2.11. The summed E-state index contributed by atoms with van der Waals surface area (Å²) < 4.78 is 5.03. The Balaban J connectivity index is 1.21. The molecule has 0 N–H and O–H groups in total. The van der Waals surface area contributed by atoms with E-state index < -0.39 is 0 Å². The number of aromatic nitrogens is 4. The zero-order valence-corrected chi connectivity index (χ0v) is 25.3. The predicted molar refractivity (Wildman–Crippen MR) is 188 cm³/mol. The Labute approximate surface area is 263 Å². The summed E-state index contributed by atoms with van der Waals surface area (Å²) in [6.07, 6.45) is 0. The van der Waals surface area contributed by atoms with Crippen molar-refractivity contribution in [3.8, 4) is 39.9 Å². The summed E-state index contributed by atoms with van der Waals surface area (Å²) in [6, 6.07) is 49.0. The van der Waals surface area contributed by atoms with E-state index in [1.807, 2.05) is 47.7 Å². The van der Waals surface area contributed by atoms with E-state index >= 15 is 0 Å². The van der Waals surface area contributed by atoms with Crippen molar-refractivity contribution in [1.82, 2.24) is 19.5 Å². The van der Waals surface area contributed by atoms with Crippen LogP contribution in [0, 0.1) is 6.92 Å². The Kier molecular flexibility index (Phi) is 5.86. The number of benzene rings is 6. The van der Waals surface area contributed by atoms with Gasteiger partial charge in [0.25, 0.3) is 0 Å². The van der Waals surface area contributed by atoms with Crippen molar-refractivity contribution in [2.24, 2.45) is 0 Å². The predicted octanol–water partition coefficient (Wildman–Crippen LogP) is 10.6. The molecule has 0 aliphatic heterocycles. The first-order valence-corrected chi connectivity index (χ1v) is 15.9. The molecule has 3 aromatic heterocycles. The van der Waals surface area contributed by atoms with Crippen LogP contribution in [0.15, 0.2) is 140 Å². The molecule has 212 valence electrons. The molecule has 0 unspecified atom stereocenters. The van der Waals surface area contributed by atoms with Crippen LogP contribution in [0.1, 0.15) is 5.56 Å². The van der Waals surface area contributed by atoms with Crippen molar-refractivity contribution in [1.29, 1.82) is 0 Å². The molecule has 0 saturated heterocycles. The Morgan fingerprint density at radius 3 is 1.91 bits per heavy atom. The van der Waals surface area contributed by atoms with Gasteiger partial charge in [-0.2, -0.15) is 0 Å². The lowest BCUT2D eigenvalue weighted by atomic mass is 10.1. The van der Waals surface area contributed by atoms with Crippen molar-refractivity contribution in [2.45, 2.75) is 6.92 Å². The Morgan fingerprint density at radius 1 is 0.489 bits per heavy atom. The van der Waals surface area contributed by atoms with Crippen LogP contribution >= 0.6 is 11.3 Å². The van der Waals surface area contributed by atoms with Crippen LogP contribution in [0.25, 0.3) is 81.8 Å². The summed E-state index contributed by atoms with van der Waals surface area (Å²) in [5.41, 5.74) is 7.55. The summed E-state index contributed by atoms with van der Waals surface area (Å²) in [4.78, 5) is 14.8. The van der Waals surface area contributed by atoms with Crippen LogP contribution in [0.4, 0.5) is 0 Å². The number of aryl methyl sites for hydroxylation is 1. The van der Waals surface area contributed by atoms with Gasteiger partial charge in [-0.05, 0) is 55.5 Å². The second-order valence-corrected chi connectivity index (χ2v) is 12.4. The third-order valence-electron chi connectivity index (χ3n) is 8.51. The molecule has 0 aliphatic carbocycles. The van der Waals surface area contributed by atoms with Gasteiger partial charge in [0.2, 0.25) is 0 Å². The molecule has 4 nitrogen and oxygen atoms in total. The van der Waals surface area contributed by atoms with Crippen LogP contribution in [0.2, 0.25) is 0 Å². The molecule has 0 atom stereocenters. The molecule has 0 spiro atoms. The van der Waals surface area contributed by atoms with E-state index in [-0.39, 0.29) is 0 Å². The molecule has 0 fully saturated rings. The lowest BCUT2D eigenvalue weighted by Crippen LogP contribution is -2.00. The standard InChI is InChI=1S/C40H26N4S/c1-25-10-9-13-28(24-25)40-42-38(26-11-3-2-4-12-26)41-39(43-40)27-18-20-29(21-19-27)44-33-16-7-5-15-32(33)36-34(44)23-22-31-30-14-6-8-17-35(30)45-37(31)36/h2-24H,1H3. The van der Waals surface area contributed by atoms with E-state index in [1.54, 1.807) is 0 Å². The fourth-order valence-corrected chi connectivity index (χ4v) is 7.67. The number of thiophene rings is 1. The highest BCUT2D eigenvalue weighted by Crippen LogP contribution is 2.43. The normalized spacial score (nSPS) is 11.7. The molecule has 5 heteroatoms. The summed E-state index contributed by atoms with van der Waals surface area (Å²) in [6.45, 7) is 2.09. The van der Waals surface area contributed by atoms with Crippen LogP contribution < -0.4 is 0 Å². The maximum Gasteiger partial charge on any atom is 0.164 e. The Bertz CT molecular complexity index is 2540. The van der Waals surface area contributed by atoms with E-state index in [0.717, 1.165) is 22.4 Å². The van der Waals surface area contributed by atoms with E-state index in [0.29, 0.717) is 17.5 Å². The zero-order valence-electron chi connectivity index (χ0n) is 24.5. The third kappa shape index (κ3) is 4.24. The first-order chi connectivity index (χ1) is 22.2. The molecule has 0 saturated carbocycles. The van der Waals surface area contributed by atoms with Crippen molar-refractivity contribution >= 4 is 53.3 Å². The molecule has 6 aromatic carbocycles. The van der Waals surface area contributed by atoms with Gasteiger partial charge in [-0.15, -0.1) is 11.3 Å². The van der Waals surface area contributed by atoms with Crippen molar-refractivity contribution in [2.75, 3.05) is 0 Å². The number of nitrogens with zero attached hydrogens (tertiary/aromatic N) is 4. The van der Waals surface area contributed by atoms with E-state index in [2.05, 4.69) is 115 Å². The molecule has 9 aromatic rings. The highest BCUT2D eigenvalue weighted by atomic mass is 32.1. The largest absolute Gasteiger partial charge is 0.309 e. The van der Waals surface area contributed by atoms with Gasteiger partial charge < -0.3 is 4.57 Å². The van der Waals surface area contributed by atoms with Crippen LogP contribution in [-0.4, -0.2) is 19.5 Å². The molecule has 0 amide bonds. The molecule has 9 rings (SSSR count). The number of fused-ring (bicyclic) bond motifs is 7. The molecule has 45 heavy (non-hydrogen) atoms. The van der Waals surface area contributed by atoms with Crippen molar-refractivity contribution in [3.05, 3.63) is 145 Å². The number of hydrogen-bond donors (Lipinski definition) is 0. The third-order valence-corrected chi connectivity index (χ3v) is 9.71. The highest BCUT2D eigenvalue weighted by Gasteiger charge is 2.18. The van der Waals surface area contributed by atoms with Gasteiger partial charge in [0, 0.05) is 53.3 Å². The van der Waals surface area contributed by atoms with Gasteiger partial charge in [-0.3, -0.25) is 0 Å². The Hall–Kier alpha value is -5.65. The Morgan fingerprint density at radius 2 is 1.13 bits per heavy atom. The van der Waals surface area contributed by atoms with Crippen molar-refractivity contribution in [3.63, 3.8) is 0 Å². The molecule has 0 bridgehead atoms. The maximum atomic E-state index is 4.96. The zero-order chi connectivity index (χ0) is 29.9. The van der Waals surface area contributed by atoms with Gasteiger partial charge in [0.1, 0.15) is 0 Å². The minimum atomic E-state index is 0.654. The van der Waals surface area contributed by atoms with Crippen LogP contribution in [0.3, 0.4) is 0 Å². The summed E-state index contributed by atoms with van der Waals surface area (Å²) in [7, 11) is 0. The fourth-order valence-electron chi connectivity index (χ4n) is 6.41. The van der Waals surface area contributed by atoms with Gasteiger partial charge in [-0.25, -0.2) is 15.0 Å². The van der Waals surface area contributed by atoms with E-state index in [1.165, 1.54) is 47.5 Å².